The third-order valence-corrected chi connectivity index (χ3v) is 3.24. The molecule has 0 saturated heterocycles. The van der Waals surface area contributed by atoms with Gasteiger partial charge in [-0.25, -0.2) is 0 Å². The molecule has 1 rings (SSSR count). The lowest BCUT2D eigenvalue weighted by Gasteiger charge is -2.07. The van der Waals surface area contributed by atoms with Gasteiger partial charge < -0.3 is 5.73 Å². The SMILES string of the molecule is Cc1ccc(N)c(SCC(C)C)c1. The van der Waals surface area contributed by atoms with Crippen molar-refractivity contribution in [2.75, 3.05) is 11.5 Å². The summed E-state index contributed by atoms with van der Waals surface area (Å²) in [5, 5.41) is 0. The van der Waals surface area contributed by atoms with E-state index in [1.54, 1.807) is 0 Å². The summed E-state index contributed by atoms with van der Waals surface area (Å²) in [4.78, 5) is 1.22. The zero-order valence-corrected chi connectivity index (χ0v) is 9.32. The Hall–Kier alpha value is -0.630. The standard InChI is InChI=1S/C11H17NS/c1-8(2)7-13-11-6-9(3)4-5-10(11)12/h4-6,8H,7,12H2,1-3H3. The Morgan fingerprint density at radius 3 is 2.69 bits per heavy atom. The van der Waals surface area contributed by atoms with Crippen LogP contribution in [0.4, 0.5) is 5.69 Å². The average molecular weight is 195 g/mol. The Kier molecular flexibility index (Phi) is 3.67. The van der Waals surface area contributed by atoms with Crippen molar-refractivity contribution < 1.29 is 0 Å². The van der Waals surface area contributed by atoms with Gasteiger partial charge in [-0.3, -0.25) is 0 Å². The van der Waals surface area contributed by atoms with Crippen molar-refractivity contribution in [1.82, 2.24) is 0 Å². The van der Waals surface area contributed by atoms with Crippen molar-refractivity contribution in [3.05, 3.63) is 23.8 Å². The number of aryl methyl sites for hydroxylation is 1. The molecule has 0 unspecified atom stereocenters. The molecule has 72 valence electrons. The van der Waals surface area contributed by atoms with Crippen LogP contribution in [0.2, 0.25) is 0 Å². The number of thioether (sulfide) groups is 1. The Morgan fingerprint density at radius 1 is 1.38 bits per heavy atom. The van der Waals surface area contributed by atoms with Crippen molar-refractivity contribution >= 4 is 17.4 Å². The Bertz CT molecular complexity index is 281. The van der Waals surface area contributed by atoms with Gasteiger partial charge in [0.2, 0.25) is 0 Å². The highest BCUT2D eigenvalue weighted by Crippen LogP contribution is 2.27. The van der Waals surface area contributed by atoms with E-state index in [0.29, 0.717) is 5.92 Å². The van der Waals surface area contributed by atoms with Gasteiger partial charge in [-0.15, -0.1) is 11.8 Å². The molecule has 0 bridgehead atoms. The zero-order valence-electron chi connectivity index (χ0n) is 8.50. The number of hydrogen-bond donors (Lipinski definition) is 1. The number of hydrogen-bond acceptors (Lipinski definition) is 2. The molecule has 1 aromatic rings. The second-order valence-corrected chi connectivity index (χ2v) is 4.81. The van der Waals surface area contributed by atoms with E-state index in [1.807, 2.05) is 17.8 Å². The van der Waals surface area contributed by atoms with E-state index in [4.69, 9.17) is 5.73 Å². The van der Waals surface area contributed by atoms with Crippen molar-refractivity contribution in [3.63, 3.8) is 0 Å². The molecule has 2 heteroatoms. The first kappa shape index (κ1) is 10.5. The lowest BCUT2D eigenvalue weighted by atomic mass is 10.2. The predicted molar refractivity (Wildman–Crippen MR) is 61.2 cm³/mol. The summed E-state index contributed by atoms with van der Waals surface area (Å²) in [6, 6.07) is 6.19. The molecule has 0 saturated carbocycles. The number of benzene rings is 1. The topological polar surface area (TPSA) is 26.0 Å². The molecule has 0 aromatic heterocycles. The largest absolute Gasteiger partial charge is 0.398 e. The summed E-state index contributed by atoms with van der Waals surface area (Å²) in [6.45, 7) is 6.54. The van der Waals surface area contributed by atoms with Gasteiger partial charge in [-0.1, -0.05) is 19.9 Å². The van der Waals surface area contributed by atoms with Gasteiger partial charge in [0.05, 0.1) is 0 Å². The highest BCUT2D eigenvalue weighted by atomic mass is 32.2. The van der Waals surface area contributed by atoms with Gasteiger partial charge in [0.15, 0.2) is 0 Å². The molecule has 2 N–H and O–H groups in total. The minimum Gasteiger partial charge on any atom is -0.398 e. The molecular weight excluding hydrogens is 178 g/mol. The smallest absolute Gasteiger partial charge is 0.0452 e. The summed E-state index contributed by atoms with van der Waals surface area (Å²) < 4.78 is 0. The van der Waals surface area contributed by atoms with Crippen LogP contribution in [0, 0.1) is 12.8 Å². The molecule has 0 spiro atoms. The molecule has 0 aliphatic heterocycles. The second-order valence-electron chi connectivity index (χ2n) is 3.75. The van der Waals surface area contributed by atoms with Gasteiger partial charge in [0.25, 0.3) is 0 Å². The minimum atomic E-state index is 0.713. The van der Waals surface area contributed by atoms with Crippen molar-refractivity contribution in [1.29, 1.82) is 0 Å². The maximum Gasteiger partial charge on any atom is 0.0452 e. The van der Waals surface area contributed by atoms with E-state index in [1.165, 1.54) is 10.5 Å². The van der Waals surface area contributed by atoms with E-state index in [0.717, 1.165) is 11.4 Å². The molecule has 1 aromatic carbocycles. The average Bonchev–Trinajstić information content (AvgIpc) is 2.06. The van der Waals surface area contributed by atoms with Crippen LogP contribution in [0.1, 0.15) is 19.4 Å². The quantitative estimate of drug-likeness (QED) is 0.591. The Morgan fingerprint density at radius 2 is 2.08 bits per heavy atom. The maximum absolute atomic E-state index is 5.85. The normalized spacial score (nSPS) is 10.8. The third kappa shape index (κ3) is 3.31. The van der Waals surface area contributed by atoms with Gasteiger partial charge in [-0.05, 0) is 30.5 Å². The van der Waals surface area contributed by atoms with E-state index >= 15 is 0 Å². The van der Waals surface area contributed by atoms with Crippen LogP contribution in [-0.2, 0) is 0 Å². The molecule has 0 fully saturated rings. The lowest BCUT2D eigenvalue weighted by Crippen LogP contribution is -1.94. The Labute approximate surface area is 84.7 Å². The third-order valence-electron chi connectivity index (χ3n) is 1.74. The van der Waals surface area contributed by atoms with E-state index in [-0.39, 0.29) is 0 Å². The molecule has 13 heavy (non-hydrogen) atoms. The molecule has 1 nitrogen and oxygen atoms in total. The zero-order chi connectivity index (χ0) is 9.84. The summed E-state index contributed by atoms with van der Waals surface area (Å²) in [5.74, 6) is 1.85. The summed E-state index contributed by atoms with van der Waals surface area (Å²) in [7, 11) is 0. The van der Waals surface area contributed by atoms with Crippen LogP contribution in [0.3, 0.4) is 0 Å². The molecule has 0 heterocycles. The highest BCUT2D eigenvalue weighted by molar-refractivity contribution is 7.99. The van der Waals surface area contributed by atoms with Gasteiger partial charge in [0.1, 0.15) is 0 Å². The second kappa shape index (κ2) is 4.56. The van der Waals surface area contributed by atoms with Crippen LogP contribution < -0.4 is 5.73 Å². The van der Waals surface area contributed by atoms with Crippen LogP contribution in [0.15, 0.2) is 23.1 Å². The number of anilines is 1. The first-order valence-corrected chi connectivity index (χ1v) is 5.57. The minimum absolute atomic E-state index is 0.713. The van der Waals surface area contributed by atoms with Crippen LogP contribution >= 0.6 is 11.8 Å². The fourth-order valence-electron chi connectivity index (χ4n) is 1.02. The number of rotatable bonds is 3. The molecule has 0 aliphatic rings. The lowest BCUT2D eigenvalue weighted by molar-refractivity contribution is 0.750. The van der Waals surface area contributed by atoms with E-state index < -0.39 is 0 Å². The van der Waals surface area contributed by atoms with Gasteiger partial charge in [-0.2, -0.15) is 0 Å². The van der Waals surface area contributed by atoms with E-state index in [9.17, 15) is 0 Å². The first-order chi connectivity index (χ1) is 6.09. The van der Waals surface area contributed by atoms with Crippen LogP contribution in [0.25, 0.3) is 0 Å². The number of nitrogen functional groups attached to an aromatic ring is 1. The van der Waals surface area contributed by atoms with Crippen molar-refractivity contribution in [2.45, 2.75) is 25.7 Å². The first-order valence-electron chi connectivity index (χ1n) is 4.58. The fourth-order valence-corrected chi connectivity index (χ4v) is 2.04. The maximum atomic E-state index is 5.85. The molecule has 0 atom stereocenters. The molecular formula is C11H17NS. The van der Waals surface area contributed by atoms with Crippen molar-refractivity contribution in [3.8, 4) is 0 Å². The molecule has 0 radical (unpaired) electrons. The highest BCUT2D eigenvalue weighted by Gasteiger charge is 2.01. The predicted octanol–water partition coefficient (Wildman–Crippen LogP) is 3.33. The summed E-state index contributed by atoms with van der Waals surface area (Å²) in [5.41, 5.74) is 8.03. The van der Waals surface area contributed by atoms with Gasteiger partial charge >= 0.3 is 0 Å². The van der Waals surface area contributed by atoms with Gasteiger partial charge in [0, 0.05) is 16.3 Å². The summed E-state index contributed by atoms with van der Waals surface area (Å²) >= 11 is 1.84. The monoisotopic (exact) mass is 195 g/mol. The van der Waals surface area contributed by atoms with Crippen molar-refractivity contribution in [2.24, 2.45) is 5.92 Å². The fraction of sp³-hybridized carbons (Fsp3) is 0.455. The van der Waals surface area contributed by atoms with Crippen LogP contribution in [-0.4, -0.2) is 5.75 Å². The molecule has 0 amide bonds. The summed E-state index contributed by atoms with van der Waals surface area (Å²) in [6.07, 6.45) is 0. The molecule has 0 aliphatic carbocycles. The number of nitrogens with two attached hydrogens (primary N) is 1. The van der Waals surface area contributed by atoms with Crippen LogP contribution in [0.5, 0.6) is 0 Å². The van der Waals surface area contributed by atoms with E-state index in [2.05, 4.69) is 32.9 Å². The Balaban J connectivity index is 2.70.